The minimum Gasteiger partial charge on any atom is -0.488 e. The summed E-state index contributed by atoms with van der Waals surface area (Å²) in [6, 6.07) is 4.15. The number of sulfonamides is 1. The second-order valence-corrected chi connectivity index (χ2v) is 9.27. The third-order valence-electron chi connectivity index (χ3n) is 5.06. The lowest BCUT2D eigenvalue weighted by atomic mass is 10.2. The van der Waals surface area contributed by atoms with Gasteiger partial charge in [0.25, 0.3) is 5.91 Å². The van der Waals surface area contributed by atoms with Gasteiger partial charge in [-0.25, -0.2) is 17.5 Å². The Balaban J connectivity index is 1.61. The first kappa shape index (κ1) is 21.8. The molecule has 1 aliphatic heterocycles. The number of aromatic nitrogens is 1. The number of aliphatic hydroxyl groups excluding tert-OH is 1. The van der Waals surface area contributed by atoms with Crippen LogP contribution in [0.2, 0.25) is 0 Å². The lowest BCUT2D eigenvalue weighted by Gasteiger charge is -2.17. The van der Waals surface area contributed by atoms with Crippen molar-refractivity contribution >= 4 is 21.6 Å². The highest BCUT2D eigenvalue weighted by molar-refractivity contribution is 7.89. The maximum atomic E-state index is 13.5. The summed E-state index contributed by atoms with van der Waals surface area (Å²) in [5, 5.41) is 21.8. The van der Waals surface area contributed by atoms with Crippen LogP contribution in [0.15, 0.2) is 29.3 Å². The molecular weight excluding hydrogens is 439 g/mol. The summed E-state index contributed by atoms with van der Waals surface area (Å²) in [7, 11) is -2.64. The molecule has 2 heterocycles. The topological polar surface area (TPSA) is 133 Å². The smallest absolute Gasteiger partial charge is 0.276 e. The van der Waals surface area contributed by atoms with E-state index in [1.807, 2.05) is 0 Å². The Kier molecular flexibility index (Phi) is 5.65. The van der Waals surface area contributed by atoms with Crippen molar-refractivity contribution in [1.82, 2.24) is 9.29 Å². The van der Waals surface area contributed by atoms with Crippen LogP contribution in [0.1, 0.15) is 28.9 Å². The molecule has 0 radical (unpaired) electrons. The summed E-state index contributed by atoms with van der Waals surface area (Å²) in [4.78, 5) is 12.6. The second-order valence-electron chi connectivity index (χ2n) is 7.59. The fraction of sp³-hybridized carbons (Fsp3) is 0.333. The minimum atomic E-state index is -4.12. The molecule has 4 rings (SSSR count). The maximum absolute atomic E-state index is 13.5. The number of halogens is 1. The predicted molar refractivity (Wildman–Crippen MR) is 111 cm³/mol. The quantitative estimate of drug-likeness (QED) is 0.590. The van der Waals surface area contributed by atoms with Gasteiger partial charge in [-0.15, -0.1) is 0 Å². The van der Waals surface area contributed by atoms with Crippen molar-refractivity contribution in [3.8, 4) is 23.7 Å². The number of aryl methyl sites for hydroxylation is 1. The molecular formula is C21H19FN4O5S. The Labute approximate surface area is 183 Å². The van der Waals surface area contributed by atoms with Gasteiger partial charge >= 0.3 is 0 Å². The molecule has 166 valence electrons. The maximum Gasteiger partial charge on any atom is 0.276 e. The highest BCUT2D eigenvalue weighted by Crippen LogP contribution is 2.33. The van der Waals surface area contributed by atoms with Crippen molar-refractivity contribution in [2.24, 2.45) is 13.0 Å². The van der Waals surface area contributed by atoms with Crippen LogP contribution in [-0.4, -0.2) is 42.8 Å². The van der Waals surface area contributed by atoms with E-state index in [0.717, 1.165) is 18.9 Å². The molecule has 1 aromatic carbocycles. The van der Waals surface area contributed by atoms with Crippen molar-refractivity contribution in [3.63, 3.8) is 0 Å². The van der Waals surface area contributed by atoms with Gasteiger partial charge in [-0.3, -0.25) is 4.79 Å². The number of hydrogen-bond donors (Lipinski definition) is 3. The van der Waals surface area contributed by atoms with Crippen LogP contribution in [0, 0.1) is 34.9 Å². The molecule has 1 aromatic heterocycles. The average molecular weight is 458 g/mol. The number of rotatable bonds is 3. The lowest BCUT2D eigenvalue weighted by molar-refractivity contribution is 0.101. The van der Waals surface area contributed by atoms with Crippen LogP contribution in [0.5, 0.6) is 5.75 Å². The van der Waals surface area contributed by atoms with Gasteiger partial charge in [0.1, 0.15) is 29.5 Å². The summed E-state index contributed by atoms with van der Waals surface area (Å²) in [6.45, 7) is -0.244. The molecule has 32 heavy (non-hydrogen) atoms. The molecule has 2 aromatic rings. The number of hydrogen-bond acceptors (Lipinski definition) is 6. The van der Waals surface area contributed by atoms with Gasteiger partial charge in [0, 0.05) is 24.8 Å². The van der Waals surface area contributed by atoms with E-state index >= 15 is 0 Å². The molecule has 1 fully saturated rings. The molecule has 11 heteroatoms. The Morgan fingerprint density at radius 1 is 1.44 bits per heavy atom. The second kappa shape index (κ2) is 8.28. The van der Waals surface area contributed by atoms with Gasteiger partial charge in [-0.05, 0) is 31.0 Å². The van der Waals surface area contributed by atoms with Crippen molar-refractivity contribution in [2.45, 2.75) is 29.9 Å². The third-order valence-corrected chi connectivity index (χ3v) is 6.54. The normalized spacial score (nSPS) is 19.9. The number of aliphatic hydroxyl groups is 1. The van der Waals surface area contributed by atoms with E-state index in [1.165, 1.54) is 29.9 Å². The summed E-state index contributed by atoms with van der Waals surface area (Å²) >= 11 is 0. The molecule has 1 amide bonds. The van der Waals surface area contributed by atoms with E-state index in [-0.39, 0.29) is 40.1 Å². The molecule has 3 N–H and O–H groups in total. The lowest BCUT2D eigenvalue weighted by Crippen LogP contribution is -2.45. The Hall–Kier alpha value is -3.38. The van der Waals surface area contributed by atoms with Crippen molar-refractivity contribution < 1.29 is 27.4 Å². The van der Waals surface area contributed by atoms with Gasteiger partial charge in [-0.2, -0.15) is 5.26 Å². The molecule has 1 aliphatic carbocycles. The molecule has 2 atom stereocenters. The number of carbonyl (C=O) groups excluding carboxylic acids is 1. The molecule has 1 saturated carbocycles. The number of amides is 1. The number of ether oxygens (including phenoxy) is 1. The van der Waals surface area contributed by atoms with Crippen LogP contribution in [0.4, 0.5) is 10.1 Å². The molecule has 9 nitrogen and oxygen atoms in total. The number of anilines is 1. The monoisotopic (exact) mass is 458 g/mol. The molecule has 2 aliphatic rings. The summed E-state index contributed by atoms with van der Waals surface area (Å²) in [5.41, 5.74) is -0.186. The number of fused-ring (bicyclic) bond motifs is 1. The van der Waals surface area contributed by atoms with E-state index in [9.17, 15) is 22.7 Å². The van der Waals surface area contributed by atoms with Gasteiger partial charge in [0.15, 0.2) is 11.4 Å². The first-order chi connectivity index (χ1) is 15.2. The van der Waals surface area contributed by atoms with E-state index in [0.29, 0.717) is 0 Å². The van der Waals surface area contributed by atoms with Crippen molar-refractivity contribution in [1.29, 1.82) is 5.26 Å². The van der Waals surface area contributed by atoms with E-state index in [2.05, 4.69) is 21.9 Å². The highest BCUT2D eigenvalue weighted by Gasteiger charge is 2.36. The summed E-state index contributed by atoms with van der Waals surface area (Å²) in [5.74, 6) is 4.15. The van der Waals surface area contributed by atoms with Crippen LogP contribution in [0.25, 0.3) is 0 Å². The van der Waals surface area contributed by atoms with Crippen LogP contribution < -0.4 is 14.8 Å². The SMILES string of the molecule is Cn1cc2c(c1C(=O)Nc1ccc(F)c(C#N)c1)OC[C@@H](C(O)C#CC1CC1)NS2(=O)=O. The molecule has 1 unspecified atom stereocenters. The predicted octanol–water partition coefficient (Wildman–Crippen LogP) is 1.10. The third kappa shape index (κ3) is 4.32. The van der Waals surface area contributed by atoms with Crippen molar-refractivity contribution in [2.75, 3.05) is 11.9 Å². The number of nitrogens with one attached hydrogen (secondary N) is 2. The van der Waals surface area contributed by atoms with E-state index < -0.39 is 33.9 Å². The largest absolute Gasteiger partial charge is 0.488 e. The fourth-order valence-corrected chi connectivity index (χ4v) is 4.63. The van der Waals surface area contributed by atoms with E-state index in [1.54, 1.807) is 6.07 Å². The molecule has 0 bridgehead atoms. The van der Waals surface area contributed by atoms with Crippen LogP contribution in [-0.2, 0) is 17.1 Å². The Bertz CT molecular complexity index is 1300. The molecule has 0 saturated heterocycles. The Morgan fingerprint density at radius 3 is 2.88 bits per heavy atom. The number of nitriles is 1. The fourth-order valence-electron chi connectivity index (χ4n) is 3.21. The van der Waals surface area contributed by atoms with Gasteiger partial charge in [0.05, 0.1) is 11.6 Å². The van der Waals surface area contributed by atoms with Gasteiger partial charge < -0.3 is 19.7 Å². The first-order valence-corrected chi connectivity index (χ1v) is 11.2. The van der Waals surface area contributed by atoms with Crippen molar-refractivity contribution in [3.05, 3.63) is 41.5 Å². The average Bonchev–Trinajstić information content (AvgIpc) is 3.52. The Morgan fingerprint density at radius 2 is 2.19 bits per heavy atom. The highest BCUT2D eigenvalue weighted by atomic mass is 32.2. The number of benzene rings is 1. The van der Waals surface area contributed by atoms with Gasteiger partial charge in [-0.1, -0.05) is 11.8 Å². The number of carbonyl (C=O) groups is 1. The van der Waals surface area contributed by atoms with Crippen LogP contribution in [0.3, 0.4) is 0 Å². The zero-order valence-corrected chi connectivity index (χ0v) is 17.7. The minimum absolute atomic E-state index is 0.0904. The summed E-state index contributed by atoms with van der Waals surface area (Å²) in [6.07, 6.45) is 1.87. The van der Waals surface area contributed by atoms with Crippen LogP contribution >= 0.6 is 0 Å². The number of nitrogens with zero attached hydrogens (tertiary/aromatic N) is 2. The standard InChI is InChI=1S/C21H19FN4O5S/c1-26-10-18-20(19(26)21(28)24-14-5-6-15(22)13(8-14)9-23)31-11-16(25-32(18,29)30)17(27)7-4-12-2-3-12/h5-6,8,10,12,16-17,25,27H,2-3,11H2,1H3,(H,24,28)/t16-,17?/m0/s1. The first-order valence-electron chi connectivity index (χ1n) is 9.74. The summed E-state index contributed by atoms with van der Waals surface area (Å²) < 4.78 is 48.6. The molecule has 0 spiro atoms. The van der Waals surface area contributed by atoms with E-state index in [4.69, 9.17) is 10.00 Å². The van der Waals surface area contributed by atoms with Gasteiger partial charge in [0.2, 0.25) is 10.0 Å². The zero-order chi connectivity index (χ0) is 23.0. The zero-order valence-electron chi connectivity index (χ0n) is 16.9.